The molecule has 4 aromatic carbocycles. The topological polar surface area (TPSA) is 87.0 Å². The van der Waals surface area contributed by atoms with Gasteiger partial charge in [-0.2, -0.15) is 0 Å². The highest BCUT2D eigenvalue weighted by Crippen LogP contribution is 2.55. The van der Waals surface area contributed by atoms with E-state index in [4.69, 9.17) is 37.9 Å². The first kappa shape index (κ1) is 28.4. The molecule has 4 fully saturated rings. The normalized spacial score (nSPS) is 23.8. The number of rotatable bonds is 16. The third-order valence-corrected chi connectivity index (χ3v) is 8.47. The van der Waals surface area contributed by atoms with Gasteiger partial charge in [-0.3, -0.25) is 0 Å². The number of benzene rings is 4. The summed E-state index contributed by atoms with van der Waals surface area (Å²) in [6, 6.07) is 32.8. The van der Waals surface area contributed by atoms with Crippen molar-refractivity contribution in [3.05, 3.63) is 119 Å². The number of hydrogen-bond donors (Lipinski definition) is 0. The lowest BCUT2D eigenvalue weighted by molar-refractivity contribution is 0.248. The van der Waals surface area contributed by atoms with E-state index in [1.165, 1.54) is 0 Å². The third kappa shape index (κ3) is 6.24. The van der Waals surface area contributed by atoms with Crippen molar-refractivity contribution < 1.29 is 37.9 Å². The standard InChI is InChI=1S/C37H36O8/c1-5-13-33(42-21-25-17-38-25)29(9-1)37(30-10-2-6-14-34(30)43-22-26-18-39-26,31-11-3-7-15-35(31)44-23-27-19-40-27)32-12-4-8-16-36(32)45-24-28-20-41-28/h1-16,25-28H,17-24H2. The lowest BCUT2D eigenvalue weighted by atomic mass is 9.64. The molecule has 45 heavy (non-hydrogen) atoms. The predicted molar refractivity (Wildman–Crippen MR) is 166 cm³/mol. The fraction of sp³-hybridized carbons (Fsp3) is 0.351. The van der Waals surface area contributed by atoms with E-state index in [1.807, 2.05) is 48.5 Å². The number of hydrogen-bond acceptors (Lipinski definition) is 8. The molecular formula is C37H36O8. The molecule has 4 aromatic rings. The molecule has 4 aliphatic heterocycles. The van der Waals surface area contributed by atoms with Gasteiger partial charge in [-0.05, 0) is 24.3 Å². The van der Waals surface area contributed by atoms with Crippen LogP contribution in [0.5, 0.6) is 23.0 Å². The fourth-order valence-electron chi connectivity index (χ4n) is 5.87. The molecule has 4 saturated heterocycles. The first-order valence-corrected chi connectivity index (χ1v) is 15.6. The van der Waals surface area contributed by atoms with Crippen LogP contribution in [0.2, 0.25) is 0 Å². The van der Waals surface area contributed by atoms with Gasteiger partial charge in [0.2, 0.25) is 0 Å². The molecule has 0 aliphatic carbocycles. The van der Waals surface area contributed by atoms with Gasteiger partial charge >= 0.3 is 0 Å². The molecule has 0 aromatic heterocycles. The molecule has 4 unspecified atom stereocenters. The van der Waals surface area contributed by atoms with Crippen LogP contribution in [0.1, 0.15) is 22.3 Å². The van der Waals surface area contributed by atoms with Crippen molar-refractivity contribution in [3.63, 3.8) is 0 Å². The highest BCUT2D eigenvalue weighted by Gasteiger charge is 2.47. The van der Waals surface area contributed by atoms with Gasteiger partial charge in [-0.25, -0.2) is 0 Å². The van der Waals surface area contributed by atoms with Crippen LogP contribution in [0.15, 0.2) is 97.1 Å². The van der Waals surface area contributed by atoms with Crippen LogP contribution in [0.3, 0.4) is 0 Å². The molecular weight excluding hydrogens is 572 g/mol. The van der Waals surface area contributed by atoms with E-state index in [9.17, 15) is 0 Å². The van der Waals surface area contributed by atoms with Crippen LogP contribution in [-0.2, 0) is 24.4 Å². The van der Waals surface area contributed by atoms with Gasteiger partial charge in [0.05, 0.1) is 31.8 Å². The smallest absolute Gasteiger partial charge is 0.124 e. The van der Waals surface area contributed by atoms with Gasteiger partial charge < -0.3 is 37.9 Å². The lowest BCUT2D eigenvalue weighted by Gasteiger charge is -2.40. The van der Waals surface area contributed by atoms with Crippen LogP contribution >= 0.6 is 0 Å². The molecule has 8 rings (SSSR count). The molecule has 0 saturated carbocycles. The monoisotopic (exact) mass is 608 g/mol. The first-order chi connectivity index (χ1) is 22.3. The van der Waals surface area contributed by atoms with Crippen molar-refractivity contribution in [2.75, 3.05) is 52.9 Å². The van der Waals surface area contributed by atoms with Gasteiger partial charge in [0, 0.05) is 22.3 Å². The summed E-state index contributed by atoms with van der Waals surface area (Å²) in [7, 11) is 0. The maximum absolute atomic E-state index is 6.57. The molecule has 0 amide bonds. The molecule has 8 heteroatoms. The van der Waals surface area contributed by atoms with Crippen molar-refractivity contribution >= 4 is 0 Å². The summed E-state index contributed by atoms with van der Waals surface area (Å²) in [4.78, 5) is 0. The zero-order valence-corrected chi connectivity index (χ0v) is 25.0. The zero-order chi connectivity index (χ0) is 30.1. The molecule has 8 nitrogen and oxygen atoms in total. The van der Waals surface area contributed by atoms with E-state index >= 15 is 0 Å². The van der Waals surface area contributed by atoms with Gasteiger partial charge in [-0.15, -0.1) is 0 Å². The summed E-state index contributed by atoms with van der Waals surface area (Å²) in [6.07, 6.45) is 0.352. The Morgan fingerprint density at radius 1 is 0.400 bits per heavy atom. The average Bonchev–Trinajstić information content (AvgIpc) is 3.89. The third-order valence-electron chi connectivity index (χ3n) is 8.47. The van der Waals surface area contributed by atoms with E-state index in [0.717, 1.165) is 45.3 Å². The summed E-state index contributed by atoms with van der Waals surface area (Å²) >= 11 is 0. The zero-order valence-electron chi connectivity index (χ0n) is 25.0. The van der Waals surface area contributed by atoms with Crippen LogP contribution < -0.4 is 18.9 Å². The largest absolute Gasteiger partial charge is 0.490 e. The van der Waals surface area contributed by atoms with E-state index in [2.05, 4.69) is 48.5 Å². The summed E-state index contributed by atoms with van der Waals surface area (Å²) < 4.78 is 48.4. The summed E-state index contributed by atoms with van der Waals surface area (Å²) in [5.41, 5.74) is 2.73. The van der Waals surface area contributed by atoms with Gasteiger partial charge in [0.25, 0.3) is 0 Å². The molecule has 4 atom stereocenters. The SMILES string of the molecule is c1ccc(C(c2ccccc2OCC2CO2)(c2ccccc2OCC2CO2)c2ccccc2OCC2CO2)c(OCC2CO2)c1. The molecule has 0 radical (unpaired) electrons. The van der Waals surface area contributed by atoms with Crippen LogP contribution in [0.4, 0.5) is 0 Å². The van der Waals surface area contributed by atoms with Gasteiger partial charge in [0.15, 0.2) is 0 Å². The molecule has 0 bridgehead atoms. The van der Waals surface area contributed by atoms with E-state index in [0.29, 0.717) is 52.9 Å². The van der Waals surface area contributed by atoms with Crippen molar-refractivity contribution in [2.24, 2.45) is 0 Å². The van der Waals surface area contributed by atoms with E-state index in [-0.39, 0.29) is 24.4 Å². The Bertz CT molecular complexity index is 1380. The Hall–Kier alpha value is -4.08. The second-order valence-corrected chi connectivity index (χ2v) is 11.8. The van der Waals surface area contributed by atoms with Crippen LogP contribution in [0.25, 0.3) is 0 Å². The van der Waals surface area contributed by atoms with Gasteiger partial charge in [0.1, 0.15) is 73.8 Å². The summed E-state index contributed by atoms with van der Waals surface area (Å²) in [5.74, 6) is 2.98. The van der Waals surface area contributed by atoms with E-state index in [1.54, 1.807) is 0 Å². The minimum atomic E-state index is -0.996. The number of para-hydroxylation sites is 4. The highest BCUT2D eigenvalue weighted by molar-refractivity contribution is 5.70. The summed E-state index contributed by atoms with van der Waals surface area (Å²) in [5, 5.41) is 0. The van der Waals surface area contributed by atoms with Crippen molar-refractivity contribution in [1.29, 1.82) is 0 Å². The van der Waals surface area contributed by atoms with Crippen molar-refractivity contribution in [1.82, 2.24) is 0 Å². The maximum atomic E-state index is 6.57. The van der Waals surface area contributed by atoms with Crippen molar-refractivity contribution in [3.8, 4) is 23.0 Å². The quantitative estimate of drug-likeness (QED) is 0.127. The number of epoxide rings is 4. The van der Waals surface area contributed by atoms with Crippen molar-refractivity contribution in [2.45, 2.75) is 29.8 Å². The molecule has 0 spiro atoms. The Morgan fingerprint density at radius 3 is 0.844 bits per heavy atom. The summed E-state index contributed by atoms with van der Waals surface area (Å²) in [6.45, 7) is 4.63. The minimum Gasteiger partial charge on any atom is -0.490 e. The average molecular weight is 609 g/mol. The Kier molecular flexibility index (Phi) is 7.81. The Balaban J connectivity index is 1.39. The maximum Gasteiger partial charge on any atom is 0.124 e. The highest BCUT2D eigenvalue weighted by atomic mass is 16.6. The Labute approximate surface area is 262 Å². The lowest BCUT2D eigenvalue weighted by Crippen LogP contribution is -2.34. The van der Waals surface area contributed by atoms with Gasteiger partial charge in [-0.1, -0.05) is 72.8 Å². The van der Waals surface area contributed by atoms with E-state index < -0.39 is 5.41 Å². The molecule has 0 N–H and O–H groups in total. The predicted octanol–water partition coefficient (Wildman–Crippen LogP) is 5.18. The second-order valence-electron chi connectivity index (χ2n) is 11.8. The van der Waals surface area contributed by atoms with Crippen LogP contribution in [-0.4, -0.2) is 77.3 Å². The second kappa shape index (κ2) is 12.4. The number of ether oxygens (including phenoxy) is 8. The minimum absolute atomic E-state index is 0.0879. The van der Waals surface area contributed by atoms with Crippen LogP contribution in [0, 0.1) is 0 Å². The first-order valence-electron chi connectivity index (χ1n) is 15.6. The fourth-order valence-corrected chi connectivity index (χ4v) is 5.87. The molecule has 4 heterocycles. The molecule has 4 aliphatic rings. The Morgan fingerprint density at radius 2 is 0.622 bits per heavy atom. The molecule has 232 valence electrons.